The molecule has 2 nitrogen and oxygen atoms in total. The Bertz CT molecular complexity index is 552. The molecule has 0 aliphatic carbocycles. The Kier molecular flexibility index (Phi) is 3.67. The molecule has 0 radical (unpaired) electrons. The maximum absolute atomic E-state index is 11.1. The standard InChI is InChI=1S/C15H16O2S2/c16-8-14-12(6-7-19-14)13-9-18-10-15(13,17)11-4-2-1-3-5-11/h1-7,13,16-17H,8-10H2/t13-,15+/m1/s1. The summed E-state index contributed by atoms with van der Waals surface area (Å²) in [5.74, 6) is 1.67. The minimum atomic E-state index is -0.822. The largest absolute Gasteiger partial charge is 0.391 e. The van der Waals surface area contributed by atoms with Crippen molar-refractivity contribution in [3.05, 3.63) is 57.8 Å². The molecule has 100 valence electrons. The summed E-state index contributed by atoms with van der Waals surface area (Å²) < 4.78 is 0. The van der Waals surface area contributed by atoms with Gasteiger partial charge in [0, 0.05) is 22.3 Å². The summed E-state index contributed by atoms with van der Waals surface area (Å²) in [5.41, 5.74) is 1.25. The smallest absolute Gasteiger partial charge is 0.106 e. The summed E-state index contributed by atoms with van der Waals surface area (Å²) in [6.45, 7) is 0.0546. The Morgan fingerprint density at radius 2 is 2.00 bits per heavy atom. The lowest BCUT2D eigenvalue weighted by molar-refractivity contribution is 0.0455. The number of benzene rings is 1. The Morgan fingerprint density at radius 1 is 1.21 bits per heavy atom. The fraction of sp³-hybridized carbons (Fsp3) is 0.333. The molecule has 2 aromatic rings. The zero-order valence-corrected chi connectivity index (χ0v) is 12.1. The molecule has 1 aliphatic heterocycles. The molecular weight excluding hydrogens is 276 g/mol. The van der Waals surface area contributed by atoms with E-state index >= 15 is 0 Å². The summed E-state index contributed by atoms with van der Waals surface area (Å²) in [5, 5.41) is 22.5. The molecule has 0 saturated carbocycles. The first-order chi connectivity index (χ1) is 9.25. The molecule has 1 fully saturated rings. The van der Waals surface area contributed by atoms with Crippen molar-refractivity contribution in [1.29, 1.82) is 0 Å². The van der Waals surface area contributed by atoms with Gasteiger partial charge in [-0.1, -0.05) is 30.3 Å². The van der Waals surface area contributed by atoms with Crippen molar-refractivity contribution in [2.24, 2.45) is 0 Å². The van der Waals surface area contributed by atoms with Gasteiger partial charge in [0.05, 0.1) is 6.61 Å². The molecule has 0 spiro atoms. The zero-order chi connectivity index (χ0) is 13.3. The van der Waals surface area contributed by atoms with Gasteiger partial charge in [-0.3, -0.25) is 0 Å². The second kappa shape index (κ2) is 5.29. The van der Waals surface area contributed by atoms with E-state index in [1.54, 1.807) is 23.1 Å². The molecule has 19 heavy (non-hydrogen) atoms. The molecule has 1 aromatic heterocycles. The van der Waals surface area contributed by atoms with Gasteiger partial charge < -0.3 is 10.2 Å². The highest BCUT2D eigenvalue weighted by Gasteiger charge is 2.44. The number of hydrogen-bond donors (Lipinski definition) is 2. The lowest BCUT2D eigenvalue weighted by Crippen LogP contribution is -2.32. The molecule has 0 unspecified atom stereocenters. The molecule has 1 aliphatic rings. The van der Waals surface area contributed by atoms with Gasteiger partial charge in [0.2, 0.25) is 0 Å². The van der Waals surface area contributed by atoms with Crippen LogP contribution in [0.3, 0.4) is 0 Å². The fourth-order valence-corrected chi connectivity index (χ4v) is 5.01. The third-order valence-corrected chi connectivity index (χ3v) is 5.89. The highest BCUT2D eigenvalue weighted by atomic mass is 32.2. The van der Waals surface area contributed by atoms with Gasteiger partial charge in [-0.25, -0.2) is 0 Å². The van der Waals surface area contributed by atoms with Gasteiger partial charge in [-0.05, 0) is 22.6 Å². The van der Waals surface area contributed by atoms with Crippen LogP contribution < -0.4 is 0 Å². The summed E-state index contributed by atoms with van der Waals surface area (Å²) in [6.07, 6.45) is 0. The maximum atomic E-state index is 11.1. The summed E-state index contributed by atoms with van der Waals surface area (Å²) >= 11 is 3.34. The Labute approximate surface area is 121 Å². The van der Waals surface area contributed by atoms with Crippen molar-refractivity contribution < 1.29 is 10.2 Å². The van der Waals surface area contributed by atoms with Gasteiger partial charge in [0.15, 0.2) is 0 Å². The third kappa shape index (κ3) is 2.23. The molecule has 0 amide bonds. The van der Waals surface area contributed by atoms with E-state index in [2.05, 4.69) is 0 Å². The monoisotopic (exact) mass is 292 g/mol. The van der Waals surface area contributed by atoms with Crippen LogP contribution in [0.2, 0.25) is 0 Å². The van der Waals surface area contributed by atoms with Gasteiger partial charge in [0.25, 0.3) is 0 Å². The van der Waals surface area contributed by atoms with Crippen LogP contribution in [0.4, 0.5) is 0 Å². The summed E-state index contributed by atoms with van der Waals surface area (Å²) in [6, 6.07) is 11.9. The predicted molar refractivity (Wildman–Crippen MR) is 80.6 cm³/mol. The molecule has 3 rings (SSSR count). The highest BCUT2D eigenvalue weighted by molar-refractivity contribution is 7.99. The van der Waals surface area contributed by atoms with Crippen LogP contribution in [0.15, 0.2) is 41.8 Å². The predicted octanol–water partition coefficient (Wildman–Crippen LogP) is 2.96. The van der Waals surface area contributed by atoms with Crippen molar-refractivity contribution in [1.82, 2.24) is 0 Å². The zero-order valence-electron chi connectivity index (χ0n) is 10.5. The van der Waals surface area contributed by atoms with Crippen LogP contribution >= 0.6 is 23.1 Å². The molecule has 2 atom stereocenters. The molecule has 0 bridgehead atoms. The lowest BCUT2D eigenvalue weighted by Gasteiger charge is -2.30. The van der Waals surface area contributed by atoms with Crippen molar-refractivity contribution in [3.8, 4) is 0 Å². The van der Waals surface area contributed by atoms with Crippen LogP contribution in [0.1, 0.15) is 21.9 Å². The van der Waals surface area contributed by atoms with E-state index < -0.39 is 5.60 Å². The molecule has 1 aromatic carbocycles. The fourth-order valence-electron chi connectivity index (χ4n) is 2.72. The van der Waals surface area contributed by atoms with Crippen LogP contribution in [0.5, 0.6) is 0 Å². The maximum Gasteiger partial charge on any atom is 0.106 e. The molecule has 4 heteroatoms. The van der Waals surface area contributed by atoms with Gasteiger partial charge in [0.1, 0.15) is 5.60 Å². The lowest BCUT2D eigenvalue weighted by atomic mass is 9.80. The molecule has 2 N–H and O–H groups in total. The summed E-state index contributed by atoms with van der Waals surface area (Å²) in [4.78, 5) is 0.974. The first-order valence-electron chi connectivity index (χ1n) is 6.28. The van der Waals surface area contributed by atoms with Gasteiger partial charge in [-0.2, -0.15) is 11.8 Å². The number of aliphatic hydroxyl groups is 2. The molecular formula is C15H16O2S2. The van der Waals surface area contributed by atoms with E-state index in [1.165, 1.54) is 0 Å². The molecule has 1 saturated heterocycles. The van der Waals surface area contributed by atoms with Crippen molar-refractivity contribution >= 4 is 23.1 Å². The number of hydrogen-bond acceptors (Lipinski definition) is 4. The highest BCUT2D eigenvalue weighted by Crippen LogP contribution is 2.48. The SMILES string of the molecule is OCc1sccc1[C@H]1CSC[C@]1(O)c1ccccc1. The van der Waals surface area contributed by atoms with Gasteiger partial charge in [-0.15, -0.1) is 11.3 Å². The molecule has 2 heterocycles. The van der Waals surface area contributed by atoms with Crippen LogP contribution in [-0.2, 0) is 12.2 Å². The number of thioether (sulfide) groups is 1. The van der Waals surface area contributed by atoms with Crippen molar-refractivity contribution in [2.45, 2.75) is 18.1 Å². The van der Waals surface area contributed by atoms with Crippen LogP contribution in [0.25, 0.3) is 0 Å². The van der Waals surface area contributed by atoms with Crippen molar-refractivity contribution in [2.75, 3.05) is 11.5 Å². The second-order valence-electron chi connectivity index (χ2n) is 4.82. The number of aliphatic hydroxyl groups excluding tert-OH is 1. The first-order valence-corrected chi connectivity index (χ1v) is 8.32. The first kappa shape index (κ1) is 13.2. The van der Waals surface area contributed by atoms with Gasteiger partial charge >= 0.3 is 0 Å². The van der Waals surface area contributed by atoms with E-state index in [0.29, 0.717) is 5.75 Å². The Hall–Kier alpha value is -0.810. The van der Waals surface area contributed by atoms with Crippen molar-refractivity contribution in [3.63, 3.8) is 0 Å². The van der Waals surface area contributed by atoms with E-state index in [4.69, 9.17) is 0 Å². The van der Waals surface area contributed by atoms with E-state index in [1.807, 2.05) is 41.8 Å². The minimum absolute atomic E-state index is 0.0546. The normalized spacial score (nSPS) is 26.7. The number of thiophene rings is 1. The average molecular weight is 292 g/mol. The minimum Gasteiger partial charge on any atom is -0.391 e. The second-order valence-corrected chi connectivity index (χ2v) is 6.85. The van der Waals surface area contributed by atoms with Crippen LogP contribution in [0, 0.1) is 0 Å². The Balaban J connectivity index is 2.02. The topological polar surface area (TPSA) is 40.5 Å². The van der Waals surface area contributed by atoms with E-state index in [9.17, 15) is 10.2 Å². The number of rotatable bonds is 3. The summed E-state index contributed by atoms with van der Waals surface area (Å²) in [7, 11) is 0. The Morgan fingerprint density at radius 3 is 2.74 bits per heavy atom. The van der Waals surface area contributed by atoms with Crippen LogP contribution in [-0.4, -0.2) is 21.7 Å². The quantitative estimate of drug-likeness (QED) is 0.914. The average Bonchev–Trinajstić information content (AvgIpc) is 3.06. The van der Waals surface area contributed by atoms with E-state index in [-0.39, 0.29) is 12.5 Å². The third-order valence-electron chi connectivity index (χ3n) is 3.76. The van der Waals surface area contributed by atoms with E-state index in [0.717, 1.165) is 21.8 Å².